The Kier molecular flexibility index (Phi) is 7.67. The summed E-state index contributed by atoms with van der Waals surface area (Å²) < 4.78 is 5.23. The Labute approximate surface area is 149 Å². The third-order valence-electron chi connectivity index (χ3n) is 4.58. The molecule has 0 fully saturated rings. The molecule has 1 amide bonds. The Morgan fingerprint density at radius 2 is 2.20 bits per heavy atom. The lowest BCUT2D eigenvalue weighted by Gasteiger charge is -2.28. The van der Waals surface area contributed by atoms with Crippen molar-refractivity contribution in [2.45, 2.75) is 50.5 Å². The molecule has 0 aromatic heterocycles. The van der Waals surface area contributed by atoms with Gasteiger partial charge in [-0.05, 0) is 49.1 Å². The Hall–Kier alpha value is -2.14. The van der Waals surface area contributed by atoms with E-state index in [1.54, 1.807) is 6.08 Å². The monoisotopic (exact) mass is 345 g/mol. The van der Waals surface area contributed by atoms with Gasteiger partial charge in [0.05, 0.1) is 6.61 Å². The molecule has 5 nitrogen and oxygen atoms in total. The van der Waals surface area contributed by atoms with Crippen LogP contribution in [-0.4, -0.2) is 36.2 Å². The summed E-state index contributed by atoms with van der Waals surface area (Å²) in [6, 6.07) is 7.36. The molecular formula is C20H27NO4. The van der Waals surface area contributed by atoms with Crippen molar-refractivity contribution in [2.24, 2.45) is 0 Å². The molecule has 0 aliphatic heterocycles. The first kappa shape index (κ1) is 19.2. The van der Waals surface area contributed by atoms with Crippen molar-refractivity contribution in [2.75, 3.05) is 13.2 Å². The SMILES string of the molecule is C=CCOCCCC(=O)NC(CC1CCCc2ccccc21)C(=O)O. The van der Waals surface area contributed by atoms with Gasteiger partial charge in [0.1, 0.15) is 6.04 Å². The second-order valence-corrected chi connectivity index (χ2v) is 6.45. The summed E-state index contributed by atoms with van der Waals surface area (Å²) >= 11 is 0. The highest BCUT2D eigenvalue weighted by atomic mass is 16.5. The highest BCUT2D eigenvalue weighted by Crippen LogP contribution is 2.34. The van der Waals surface area contributed by atoms with E-state index in [0.29, 0.717) is 26.1 Å². The number of amides is 1. The van der Waals surface area contributed by atoms with Gasteiger partial charge in [-0.2, -0.15) is 0 Å². The van der Waals surface area contributed by atoms with Crippen molar-refractivity contribution in [1.82, 2.24) is 5.32 Å². The molecule has 0 saturated carbocycles. The molecule has 5 heteroatoms. The summed E-state index contributed by atoms with van der Waals surface area (Å²) in [4.78, 5) is 23.6. The van der Waals surface area contributed by atoms with Gasteiger partial charge in [-0.1, -0.05) is 30.3 Å². The van der Waals surface area contributed by atoms with E-state index >= 15 is 0 Å². The Morgan fingerprint density at radius 3 is 2.96 bits per heavy atom. The number of fused-ring (bicyclic) bond motifs is 1. The van der Waals surface area contributed by atoms with Gasteiger partial charge >= 0.3 is 5.97 Å². The average Bonchev–Trinajstić information content (AvgIpc) is 2.61. The van der Waals surface area contributed by atoms with Crippen LogP contribution in [0.25, 0.3) is 0 Å². The summed E-state index contributed by atoms with van der Waals surface area (Å²) in [5.41, 5.74) is 2.53. The van der Waals surface area contributed by atoms with E-state index in [0.717, 1.165) is 19.3 Å². The van der Waals surface area contributed by atoms with Crippen LogP contribution < -0.4 is 5.32 Å². The first-order valence-corrected chi connectivity index (χ1v) is 8.90. The molecule has 25 heavy (non-hydrogen) atoms. The number of rotatable bonds is 10. The van der Waals surface area contributed by atoms with Gasteiger partial charge in [-0.15, -0.1) is 6.58 Å². The van der Waals surface area contributed by atoms with Crippen molar-refractivity contribution in [3.05, 3.63) is 48.0 Å². The maximum Gasteiger partial charge on any atom is 0.326 e. The Bertz CT molecular complexity index is 599. The van der Waals surface area contributed by atoms with Gasteiger partial charge < -0.3 is 15.2 Å². The van der Waals surface area contributed by atoms with Crippen molar-refractivity contribution < 1.29 is 19.4 Å². The lowest BCUT2D eigenvalue weighted by molar-refractivity contribution is -0.142. The fourth-order valence-electron chi connectivity index (χ4n) is 3.37. The normalized spacial score (nSPS) is 17.4. The Balaban J connectivity index is 1.88. The molecule has 2 atom stereocenters. The third-order valence-corrected chi connectivity index (χ3v) is 4.58. The van der Waals surface area contributed by atoms with Crippen LogP contribution in [0, 0.1) is 0 Å². The van der Waals surface area contributed by atoms with E-state index in [1.165, 1.54) is 11.1 Å². The molecule has 0 saturated heterocycles. The molecule has 1 aliphatic rings. The number of aryl methyl sites for hydroxylation is 1. The smallest absolute Gasteiger partial charge is 0.326 e. The van der Waals surface area contributed by atoms with E-state index in [2.05, 4.69) is 24.0 Å². The quantitative estimate of drug-likeness (QED) is 0.505. The summed E-state index contributed by atoms with van der Waals surface area (Å²) in [5, 5.41) is 12.2. The number of carboxylic acids is 1. The number of carboxylic acid groups (broad SMARTS) is 1. The average molecular weight is 345 g/mol. The topological polar surface area (TPSA) is 75.6 Å². The molecule has 0 radical (unpaired) electrons. The molecule has 1 aromatic rings. The molecule has 2 rings (SSSR count). The summed E-state index contributed by atoms with van der Waals surface area (Å²) in [5.74, 6) is -1.03. The fraction of sp³-hybridized carbons (Fsp3) is 0.500. The first-order valence-electron chi connectivity index (χ1n) is 8.90. The summed E-state index contributed by atoms with van der Waals surface area (Å²) in [6.45, 7) is 4.48. The molecule has 0 heterocycles. The highest BCUT2D eigenvalue weighted by Gasteiger charge is 2.27. The largest absolute Gasteiger partial charge is 0.480 e. The van der Waals surface area contributed by atoms with Crippen LogP contribution in [0.1, 0.15) is 49.1 Å². The van der Waals surface area contributed by atoms with Crippen molar-refractivity contribution in [3.8, 4) is 0 Å². The minimum atomic E-state index is -0.973. The predicted octanol–water partition coefficient (Wildman–Crippen LogP) is 3.05. The van der Waals surface area contributed by atoms with Crippen molar-refractivity contribution in [3.63, 3.8) is 0 Å². The Morgan fingerprint density at radius 1 is 1.40 bits per heavy atom. The molecule has 136 valence electrons. The highest BCUT2D eigenvalue weighted by molar-refractivity contribution is 5.83. The zero-order valence-electron chi connectivity index (χ0n) is 14.6. The lowest BCUT2D eigenvalue weighted by atomic mass is 9.79. The fourth-order valence-corrected chi connectivity index (χ4v) is 3.37. The number of hydrogen-bond donors (Lipinski definition) is 2. The number of carbonyl (C=O) groups is 2. The maximum atomic E-state index is 12.0. The molecule has 0 bridgehead atoms. The van der Waals surface area contributed by atoms with Crippen LogP contribution >= 0.6 is 0 Å². The number of nitrogens with one attached hydrogen (secondary N) is 1. The van der Waals surface area contributed by atoms with E-state index in [4.69, 9.17) is 4.74 Å². The van der Waals surface area contributed by atoms with Crippen LogP contribution in [0.15, 0.2) is 36.9 Å². The first-order chi connectivity index (χ1) is 12.1. The van der Waals surface area contributed by atoms with Gasteiger partial charge in [-0.25, -0.2) is 4.79 Å². The molecule has 0 spiro atoms. The van der Waals surface area contributed by atoms with Crippen LogP contribution in [0.4, 0.5) is 0 Å². The predicted molar refractivity (Wildman–Crippen MR) is 96.6 cm³/mol. The van der Waals surface area contributed by atoms with Crippen LogP contribution in [-0.2, 0) is 20.7 Å². The van der Waals surface area contributed by atoms with E-state index in [-0.39, 0.29) is 18.2 Å². The van der Waals surface area contributed by atoms with E-state index < -0.39 is 12.0 Å². The standard InChI is InChI=1S/C20H27NO4/c1-2-12-25-13-6-11-19(22)21-18(20(23)24)14-16-9-5-8-15-7-3-4-10-17(15)16/h2-4,7,10,16,18H,1,5-6,8-9,11-14H2,(H,21,22)(H,23,24). The molecule has 2 N–H and O–H groups in total. The summed E-state index contributed by atoms with van der Waals surface area (Å²) in [6.07, 6.45) is 5.99. The van der Waals surface area contributed by atoms with Crippen LogP contribution in [0.2, 0.25) is 0 Å². The number of hydrogen-bond acceptors (Lipinski definition) is 3. The molecule has 1 aromatic carbocycles. The van der Waals surface area contributed by atoms with Gasteiger partial charge in [0, 0.05) is 13.0 Å². The molecular weight excluding hydrogens is 318 g/mol. The minimum absolute atomic E-state index is 0.183. The van der Waals surface area contributed by atoms with E-state index in [1.807, 2.05) is 12.1 Å². The summed E-state index contributed by atoms with van der Waals surface area (Å²) in [7, 11) is 0. The zero-order valence-corrected chi connectivity index (χ0v) is 14.6. The van der Waals surface area contributed by atoms with Crippen LogP contribution in [0.3, 0.4) is 0 Å². The van der Waals surface area contributed by atoms with Gasteiger partial charge in [-0.3, -0.25) is 4.79 Å². The maximum absolute atomic E-state index is 12.0. The van der Waals surface area contributed by atoms with E-state index in [9.17, 15) is 14.7 Å². The van der Waals surface area contributed by atoms with Gasteiger partial charge in [0.15, 0.2) is 0 Å². The molecule has 1 aliphatic carbocycles. The number of aliphatic carboxylic acids is 1. The third kappa shape index (κ3) is 6.02. The second kappa shape index (κ2) is 9.99. The van der Waals surface area contributed by atoms with Crippen molar-refractivity contribution >= 4 is 11.9 Å². The number of benzene rings is 1. The van der Waals surface area contributed by atoms with Gasteiger partial charge in [0.25, 0.3) is 0 Å². The van der Waals surface area contributed by atoms with Crippen LogP contribution in [0.5, 0.6) is 0 Å². The zero-order chi connectivity index (χ0) is 18.1. The molecule has 2 unspecified atom stereocenters. The van der Waals surface area contributed by atoms with Gasteiger partial charge in [0.2, 0.25) is 5.91 Å². The minimum Gasteiger partial charge on any atom is -0.480 e. The lowest BCUT2D eigenvalue weighted by Crippen LogP contribution is -2.42. The second-order valence-electron chi connectivity index (χ2n) is 6.45. The number of carbonyl (C=O) groups excluding carboxylic acids is 1. The number of ether oxygens (including phenoxy) is 1. The van der Waals surface area contributed by atoms with Crippen molar-refractivity contribution in [1.29, 1.82) is 0 Å².